The second kappa shape index (κ2) is 7.99. The number of benzene rings is 2. The van der Waals surface area contributed by atoms with Crippen molar-refractivity contribution in [3.05, 3.63) is 77.0 Å². The van der Waals surface area contributed by atoms with Gasteiger partial charge in [0.25, 0.3) is 5.91 Å². The maximum Gasteiger partial charge on any atom is 0.340 e. The predicted octanol–water partition coefficient (Wildman–Crippen LogP) is 3.89. The summed E-state index contributed by atoms with van der Waals surface area (Å²) in [6.45, 7) is 5.19. The molecule has 0 saturated carbocycles. The number of fused-ring (bicyclic) bond motifs is 1. The Morgan fingerprint density at radius 3 is 2.44 bits per heavy atom. The fraction of sp³-hybridized carbons (Fsp3) is 0.227. The fourth-order valence-corrected chi connectivity index (χ4v) is 3.14. The van der Waals surface area contributed by atoms with Crippen LogP contribution in [0.2, 0.25) is 0 Å². The van der Waals surface area contributed by atoms with Crippen LogP contribution in [0.5, 0.6) is 0 Å². The highest BCUT2D eigenvalue weighted by Gasteiger charge is 2.19. The molecule has 0 aliphatic heterocycles. The minimum Gasteiger partial charge on any atom is -0.452 e. The van der Waals surface area contributed by atoms with Crippen molar-refractivity contribution in [1.29, 1.82) is 0 Å². The van der Waals surface area contributed by atoms with Crippen LogP contribution in [-0.2, 0) is 9.53 Å². The lowest BCUT2D eigenvalue weighted by molar-refractivity contribution is -0.124. The van der Waals surface area contributed by atoms with Gasteiger partial charge < -0.3 is 10.1 Å². The Morgan fingerprint density at radius 2 is 1.70 bits per heavy atom. The van der Waals surface area contributed by atoms with E-state index in [1.54, 1.807) is 6.92 Å². The molecule has 0 unspecified atom stereocenters. The van der Waals surface area contributed by atoms with Crippen LogP contribution in [0, 0.1) is 13.8 Å². The molecule has 1 heterocycles. The molecule has 3 aromatic rings. The van der Waals surface area contributed by atoms with E-state index >= 15 is 0 Å². The summed E-state index contributed by atoms with van der Waals surface area (Å²) in [7, 11) is 0. The van der Waals surface area contributed by atoms with E-state index in [2.05, 4.69) is 10.3 Å². The molecule has 0 spiro atoms. The van der Waals surface area contributed by atoms with Gasteiger partial charge in [-0.25, -0.2) is 4.79 Å². The molecule has 2 aromatic carbocycles. The number of carbonyl (C=O) groups excluding carboxylic acids is 2. The number of ether oxygens (including phenoxy) is 1. The summed E-state index contributed by atoms with van der Waals surface area (Å²) < 4.78 is 5.25. The standard InChI is InChI=1S/C22H22N2O3/c1-14-18-11-7-8-12-19(18)23-16(3)21(14)22(26)27-13-20(25)24-15(2)17-9-5-4-6-10-17/h4-12,15H,13H2,1-3H3,(H,24,25)/t15-/m1/s1. The van der Waals surface area contributed by atoms with E-state index in [9.17, 15) is 9.59 Å². The van der Waals surface area contributed by atoms with Crippen LogP contribution in [-0.4, -0.2) is 23.5 Å². The minimum atomic E-state index is -0.536. The molecular formula is C22H22N2O3. The average molecular weight is 362 g/mol. The number of rotatable bonds is 5. The molecule has 5 heteroatoms. The second-order valence-electron chi connectivity index (χ2n) is 6.49. The normalized spacial score (nSPS) is 11.8. The number of esters is 1. The van der Waals surface area contributed by atoms with Crippen molar-refractivity contribution >= 4 is 22.8 Å². The van der Waals surface area contributed by atoms with Crippen molar-refractivity contribution < 1.29 is 14.3 Å². The van der Waals surface area contributed by atoms with Gasteiger partial charge in [0.1, 0.15) is 0 Å². The van der Waals surface area contributed by atoms with E-state index in [-0.39, 0.29) is 18.6 Å². The lowest BCUT2D eigenvalue weighted by Crippen LogP contribution is -2.31. The first kappa shape index (κ1) is 18.6. The first-order valence-electron chi connectivity index (χ1n) is 8.84. The third kappa shape index (κ3) is 4.14. The zero-order chi connectivity index (χ0) is 19.4. The number of amides is 1. The second-order valence-corrected chi connectivity index (χ2v) is 6.49. The van der Waals surface area contributed by atoms with Gasteiger partial charge in [-0.05, 0) is 38.0 Å². The van der Waals surface area contributed by atoms with Gasteiger partial charge in [-0.1, -0.05) is 48.5 Å². The number of pyridine rings is 1. The van der Waals surface area contributed by atoms with Gasteiger partial charge >= 0.3 is 5.97 Å². The molecule has 138 valence electrons. The summed E-state index contributed by atoms with van der Waals surface area (Å²) in [6, 6.07) is 17.1. The number of hydrogen-bond acceptors (Lipinski definition) is 4. The van der Waals surface area contributed by atoms with Crippen molar-refractivity contribution in [3.8, 4) is 0 Å². The molecule has 27 heavy (non-hydrogen) atoms. The van der Waals surface area contributed by atoms with Gasteiger partial charge in [0.2, 0.25) is 0 Å². The number of aromatic nitrogens is 1. The van der Waals surface area contributed by atoms with Crippen molar-refractivity contribution in [2.75, 3.05) is 6.61 Å². The lowest BCUT2D eigenvalue weighted by atomic mass is 10.0. The summed E-state index contributed by atoms with van der Waals surface area (Å²) >= 11 is 0. The predicted molar refractivity (Wildman–Crippen MR) is 104 cm³/mol. The van der Waals surface area contributed by atoms with Crippen molar-refractivity contribution in [2.24, 2.45) is 0 Å². The summed E-state index contributed by atoms with van der Waals surface area (Å²) in [5.41, 5.74) is 3.63. The van der Waals surface area contributed by atoms with Crippen LogP contribution in [0.3, 0.4) is 0 Å². The summed E-state index contributed by atoms with van der Waals surface area (Å²) in [4.78, 5) is 29.2. The Morgan fingerprint density at radius 1 is 1.04 bits per heavy atom. The van der Waals surface area contributed by atoms with Crippen LogP contribution in [0.15, 0.2) is 54.6 Å². The third-order valence-electron chi connectivity index (χ3n) is 4.55. The molecule has 0 saturated heterocycles. The Balaban J connectivity index is 1.67. The highest BCUT2D eigenvalue weighted by molar-refractivity contribution is 5.99. The quantitative estimate of drug-likeness (QED) is 0.699. The van der Waals surface area contributed by atoms with Crippen LogP contribution in [0.1, 0.15) is 40.1 Å². The molecular weight excluding hydrogens is 340 g/mol. The van der Waals surface area contributed by atoms with Gasteiger partial charge in [-0.3, -0.25) is 9.78 Å². The number of nitrogens with zero attached hydrogens (tertiary/aromatic N) is 1. The fourth-order valence-electron chi connectivity index (χ4n) is 3.14. The molecule has 0 aliphatic rings. The Labute approximate surface area is 158 Å². The number of hydrogen-bond donors (Lipinski definition) is 1. The van der Waals surface area contributed by atoms with E-state index in [0.717, 1.165) is 22.0 Å². The van der Waals surface area contributed by atoms with Gasteiger partial charge in [0.05, 0.1) is 22.8 Å². The maximum atomic E-state index is 12.5. The van der Waals surface area contributed by atoms with Crippen LogP contribution in [0.4, 0.5) is 0 Å². The molecule has 1 atom stereocenters. The number of nitrogens with one attached hydrogen (secondary N) is 1. The SMILES string of the molecule is Cc1nc2ccccc2c(C)c1C(=O)OCC(=O)N[C@H](C)c1ccccc1. The smallest absolute Gasteiger partial charge is 0.340 e. The molecule has 5 nitrogen and oxygen atoms in total. The van der Waals surface area contributed by atoms with E-state index in [1.807, 2.05) is 68.4 Å². The number of aryl methyl sites for hydroxylation is 2. The highest BCUT2D eigenvalue weighted by atomic mass is 16.5. The van der Waals surface area contributed by atoms with Gasteiger partial charge in [0.15, 0.2) is 6.61 Å². The minimum absolute atomic E-state index is 0.164. The third-order valence-corrected chi connectivity index (χ3v) is 4.55. The van der Waals surface area contributed by atoms with Crippen molar-refractivity contribution in [2.45, 2.75) is 26.8 Å². The van der Waals surface area contributed by atoms with Gasteiger partial charge in [-0.2, -0.15) is 0 Å². The summed E-state index contributed by atoms with van der Waals surface area (Å²) in [5, 5.41) is 3.73. The summed E-state index contributed by atoms with van der Waals surface area (Å²) in [6.07, 6.45) is 0. The first-order valence-corrected chi connectivity index (χ1v) is 8.84. The average Bonchev–Trinajstić information content (AvgIpc) is 2.67. The topological polar surface area (TPSA) is 68.3 Å². The van der Waals surface area contributed by atoms with Crippen molar-refractivity contribution in [3.63, 3.8) is 0 Å². The molecule has 0 fully saturated rings. The van der Waals surface area contributed by atoms with E-state index in [1.165, 1.54) is 0 Å². The molecule has 1 amide bonds. The molecule has 0 aliphatic carbocycles. The van der Waals surface area contributed by atoms with Gasteiger partial charge in [0, 0.05) is 5.39 Å². The Hall–Kier alpha value is -3.21. The van der Waals surface area contributed by atoms with Gasteiger partial charge in [-0.15, -0.1) is 0 Å². The zero-order valence-corrected chi connectivity index (χ0v) is 15.7. The zero-order valence-electron chi connectivity index (χ0n) is 15.7. The van der Waals surface area contributed by atoms with E-state index in [4.69, 9.17) is 4.74 Å². The number of carbonyl (C=O) groups is 2. The molecule has 0 radical (unpaired) electrons. The largest absolute Gasteiger partial charge is 0.452 e. The highest BCUT2D eigenvalue weighted by Crippen LogP contribution is 2.23. The van der Waals surface area contributed by atoms with Crippen LogP contribution < -0.4 is 5.32 Å². The number of para-hydroxylation sites is 1. The van der Waals surface area contributed by atoms with E-state index < -0.39 is 5.97 Å². The molecule has 0 bridgehead atoms. The Kier molecular flexibility index (Phi) is 5.50. The monoisotopic (exact) mass is 362 g/mol. The van der Waals surface area contributed by atoms with Crippen molar-refractivity contribution in [1.82, 2.24) is 10.3 Å². The molecule has 1 aromatic heterocycles. The van der Waals surface area contributed by atoms with Crippen LogP contribution >= 0.6 is 0 Å². The first-order chi connectivity index (χ1) is 13.0. The van der Waals surface area contributed by atoms with E-state index in [0.29, 0.717) is 11.3 Å². The molecule has 1 N–H and O–H groups in total. The lowest BCUT2D eigenvalue weighted by Gasteiger charge is -2.15. The summed E-state index contributed by atoms with van der Waals surface area (Å²) in [5.74, 6) is -0.880. The van der Waals surface area contributed by atoms with Crippen LogP contribution in [0.25, 0.3) is 10.9 Å². The Bertz CT molecular complexity index is 984. The molecule has 3 rings (SSSR count). The maximum absolute atomic E-state index is 12.5.